The van der Waals surface area contributed by atoms with E-state index in [1.165, 1.54) is 0 Å². The zero-order valence-electron chi connectivity index (χ0n) is 13.2. The molecule has 0 bridgehead atoms. The van der Waals surface area contributed by atoms with Crippen LogP contribution in [0.4, 0.5) is 0 Å². The fourth-order valence-corrected chi connectivity index (χ4v) is 3.35. The van der Waals surface area contributed by atoms with Gasteiger partial charge in [0.2, 0.25) is 10.0 Å². The summed E-state index contributed by atoms with van der Waals surface area (Å²) in [5, 5.41) is 3.42. The highest BCUT2D eigenvalue weighted by Gasteiger charge is 2.19. The molecule has 0 radical (unpaired) electrons. The number of benzene rings is 1. The highest BCUT2D eigenvalue weighted by molar-refractivity contribution is 7.89. The molecular formula is C15H25ClN2O2S. The third-order valence-corrected chi connectivity index (χ3v) is 4.97. The second kappa shape index (κ2) is 7.58. The maximum absolute atomic E-state index is 12.3. The van der Waals surface area contributed by atoms with Gasteiger partial charge in [-0.15, -0.1) is 0 Å². The number of sulfonamides is 1. The molecule has 1 rings (SSSR count). The van der Waals surface area contributed by atoms with E-state index in [9.17, 15) is 8.42 Å². The Bertz CT molecular complexity index is 566. The van der Waals surface area contributed by atoms with Crippen molar-refractivity contribution >= 4 is 21.6 Å². The SMILES string of the molecule is CCNCc1ccc(Cl)c(S(=O)(=O)NCCC(C)(C)C)c1. The molecule has 0 aliphatic rings. The van der Waals surface area contributed by atoms with Crippen molar-refractivity contribution in [3.63, 3.8) is 0 Å². The first kappa shape index (κ1) is 18.4. The van der Waals surface area contributed by atoms with Crippen LogP contribution in [0, 0.1) is 5.41 Å². The van der Waals surface area contributed by atoms with E-state index in [-0.39, 0.29) is 15.3 Å². The Labute approximate surface area is 133 Å². The minimum atomic E-state index is -3.57. The summed E-state index contributed by atoms with van der Waals surface area (Å²) >= 11 is 6.04. The monoisotopic (exact) mass is 332 g/mol. The number of nitrogens with one attached hydrogen (secondary N) is 2. The quantitative estimate of drug-likeness (QED) is 0.806. The summed E-state index contributed by atoms with van der Waals surface area (Å²) in [6, 6.07) is 5.09. The molecule has 1 aromatic carbocycles. The van der Waals surface area contributed by atoms with Crippen LogP contribution < -0.4 is 10.0 Å². The smallest absolute Gasteiger partial charge is 0.242 e. The zero-order chi connectivity index (χ0) is 16.1. The molecule has 0 aromatic heterocycles. The van der Waals surface area contributed by atoms with Gasteiger partial charge in [0, 0.05) is 13.1 Å². The van der Waals surface area contributed by atoms with E-state index in [0.29, 0.717) is 13.1 Å². The molecule has 0 atom stereocenters. The molecule has 0 saturated heterocycles. The van der Waals surface area contributed by atoms with Crippen molar-refractivity contribution in [3.8, 4) is 0 Å². The van der Waals surface area contributed by atoms with Crippen LogP contribution in [0.15, 0.2) is 23.1 Å². The van der Waals surface area contributed by atoms with E-state index in [4.69, 9.17) is 11.6 Å². The molecule has 0 unspecified atom stereocenters. The topological polar surface area (TPSA) is 58.2 Å². The van der Waals surface area contributed by atoms with Crippen molar-refractivity contribution < 1.29 is 8.42 Å². The molecule has 0 aliphatic carbocycles. The lowest BCUT2D eigenvalue weighted by Gasteiger charge is -2.18. The Morgan fingerprint density at radius 2 is 1.90 bits per heavy atom. The van der Waals surface area contributed by atoms with Crippen molar-refractivity contribution in [2.24, 2.45) is 5.41 Å². The lowest BCUT2D eigenvalue weighted by atomic mass is 9.93. The fourth-order valence-electron chi connectivity index (χ4n) is 1.77. The molecule has 0 heterocycles. The maximum atomic E-state index is 12.3. The van der Waals surface area contributed by atoms with Crippen molar-refractivity contribution in [3.05, 3.63) is 28.8 Å². The van der Waals surface area contributed by atoms with Gasteiger partial charge < -0.3 is 5.32 Å². The van der Waals surface area contributed by atoms with Crippen molar-refractivity contribution in [1.29, 1.82) is 0 Å². The van der Waals surface area contributed by atoms with Crippen LogP contribution in [0.5, 0.6) is 0 Å². The maximum Gasteiger partial charge on any atom is 0.242 e. The first-order chi connectivity index (χ1) is 9.65. The summed E-state index contributed by atoms with van der Waals surface area (Å²) in [7, 11) is -3.57. The molecule has 6 heteroatoms. The summed E-state index contributed by atoms with van der Waals surface area (Å²) in [6.45, 7) is 10.1. The fraction of sp³-hybridized carbons (Fsp3) is 0.600. The number of rotatable bonds is 7. The Kier molecular flexibility index (Phi) is 6.66. The van der Waals surface area contributed by atoms with Gasteiger partial charge in [0.25, 0.3) is 0 Å². The molecule has 0 saturated carbocycles. The third kappa shape index (κ3) is 6.34. The normalized spacial score (nSPS) is 12.6. The van der Waals surface area contributed by atoms with E-state index in [0.717, 1.165) is 18.5 Å². The molecule has 21 heavy (non-hydrogen) atoms. The van der Waals surface area contributed by atoms with Crippen LogP contribution in [0.2, 0.25) is 5.02 Å². The lowest BCUT2D eigenvalue weighted by molar-refractivity contribution is 0.378. The Balaban J connectivity index is 2.86. The first-order valence-corrected chi connectivity index (χ1v) is 9.00. The number of halogens is 1. The van der Waals surface area contributed by atoms with E-state index in [1.807, 2.05) is 13.0 Å². The highest BCUT2D eigenvalue weighted by atomic mass is 35.5. The minimum absolute atomic E-state index is 0.0825. The first-order valence-electron chi connectivity index (χ1n) is 7.14. The number of hydrogen-bond acceptors (Lipinski definition) is 3. The summed E-state index contributed by atoms with van der Waals surface area (Å²) in [5.41, 5.74) is 0.983. The number of hydrogen-bond donors (Lipinski definition) is 2. The largest absolute Gasteiger partial charge is 0.313 e. The van der Waals surface area contributed by atoms with Gasteiger partial charge in [0.1, 0.15) is 4.90 Å². The predicted octanol–water partition coefficient (Wildman–Crippen LogP) is 3.16. The molecule has 0 aliphatic heterocycles. The summed E-state index contributed by atoms with van der Waals surface area (Å²) < 4.78 is 27.3. The summed E-state index contributed by atoms with van der Waals surface area (Å²) in [6.07, 6.45) is 0.765. The highest BCUT2D eigenvalue weighted by Crippen LogP contribution is 2.23. The van der Waals surface area contributed by atoms with Gasteiger partial charge in [-0.2, -0.15) is 0 Å². The molecule has 0 fully saturated rings. The standard InChI is InChI=1S/C15H25ClN2O2S/c1-5-17-11-12-6-7-13(16)14(10-12)21(19,20)18-9-8-15(2,3)4/h6-7,10,17-18H,5,8-9,11H2,1-4H3. The minimum Gasteiger partial charge on any atom is -0.313 e. The average molecular weight is 333 g/mol. The van der Waals surface area contributed by atoms with Crippen LogP contribution in [0.25, 0.3) is 0 Å². The molecule has 4 nitrogen and oxygen atoms in total. The van der Waals surface area contributed by atoms with Gasteiger partial charge >= 0.3 is 0 Å². The zero-order valence-corrected chi connectivity index (χ0v) is 14.7. The van der Waals surface area contributed by atoms with Crippen molar-refractivity contribution in [2.75, 3.05) is 13.1 Å². The summed E-state index contributed by atoms with van der Waals surface area (Å²) in [4.78, 5) is 0.147. The Morgan fingerprint density at radius 1 is 1.24 bits per heavy atom. The van der Waals surface area contributed by atoms with E-state index >= 15 is 0 Å². The second-order valence-electron chi connectivity index (χ2n) is 6.25. The van der Waals surface area contributed by atoms with Crippen molar-refractivity contribution in [1.82, 2.24) is 10.0 Å². The molecule has 0 amide bonds. The van der Waals surface area contributed by atoms with Gasteiger partial charge in [-0.25, -0.2) is 13.1 Å². The van der Waals surface area contributed by atoms with Crippen LogP contribution >= 0.6 is 11.6 Å². The molecule has 120 valence electrons. The molecular weight excluding hydrogens is 308 g/mol. The van der Waals surface area contributed by atoms with Crippen LogP contribution in [-0.2, 0) is 16.6 Å². The molecule has 1 aromatic rings. The van der Waals surface area contributed by atoms with Gasteiger partial charge in [-0.1, -0.05) is 45.4 Å². The Hall–Kier alpha value is -0.620. The van der Waals surface area contributed by atoms with E-state index < -0.39 is 10.0 Å². The van der Waals surface area contributed by atoms with E-state index in [1.54, 1.807) is 12.1 Å². The van der Waals surface area contributed by atoms with Gasteiger partial charge in [0.05, 0.1) is 5.02 Å². The lowest BCUT2D eigenvalue weighted by Crippen LogP contribution is -2.28. The van der Waals surface area contributed by atoms with Crippen LogP contribution in [0.3, 0.4) is 0 Å². The summed E-state index contributed by atoms with van der Waals surface area (Å²) in [5.74, 6) is 0. The van der Waals surface area contributed by atoms with Crippen LogP contribution in [0.1, 0.15) is 39.7 Å². The van der Waals surface area contributed by atoms with Gasteiger partial charge in [-0.3, -0.25) is 0 Å². The van der Waals surface area contributed by atoms with Crippen LogP contribution in [-0.4, -0.2) is 21.5 Å². The third-order valence-electron chi connectivity index (χ3n) is 3.03. The van der Waals surface area contributed by atoms with Crippen molar-refractivity contribution in [2.45, 2.75) is 45.6 Å². The van der Waals surface area contributed by atoms with Gasteiger partial charge in [-0.05, 0) is 36.1 Å². The molecule has 2 N–H and O–H groups in total. The van der Waals surface area contributed by atoms with E-state index in [2.05, 4.69) is 30.8 Å². The predicted molar refractivity (Wildman–Crippen MR) is 88.1 cm³/mol. The second-order valence-corrected chi connectivity index (χ2v) is 8.40. The van der Waals surface area contributed by atoms with Gasteiger partial charge in [0.15, 0.2) is 0 Å². The average Bonchev–Trinajstić information content (AvgIpc) is 2.35. The molecule has 0 spiro atoms. The Morgan fingerprint density at radius 3 is 2.48 bits per heavy atom.